The zero-order valence-corrected chi connectivity index (χ0v) is 18.4. The first-order valence-electron chi connectivity index (χ1n) is 11.6. The van der Waals surface area contributed by atoms with Crippen LogP contribution >= 0.6 is 11.6 Å². The van der Waals surface area contributed by atoms with Gasteiger partial charge in [0.1, 0.15) is 5.69 Å². The first-order chi connectivity index (χ1) is 14.6. The molecule has 1 aliphatic carbocycles. The summed E-state index contributed by atoms with van der Waals surface area (Å²) in [5.74, 6) is 1.46. The average molecular weight is 424 g/mol. The Morgan fingerprint density at radius 2 is 2.03 bits per heavy atom. The maximum absolute atomic E-state index is 13.8. The fraction of sp³-hybridized carbons (Fsp3) is 0.560. The predicted molar refractivity (Wildman–Crippen MR) is 121 cm³/mol. The Kier molecular flexibility index (Phi) is 4.50. The van der Waals surface area contributed by atoms with Crippen LogP contribution < -0.4 is 0 Å². The molecule has 2 aromatic rings. The molecule has 4 aliphatic rings. The smallest absolute Gasteiger partial charge is 0.271 e. The number of amides is 1. The van der Waals surface area contributed by atoms with Crippen LogP contribution in [0.15, 0.2) is 35.9 Å². The molecule has 2 bridgehead atoms. The number of likely N-dealkylation sites (tertiary alicyclic amines) is 1. The standard InChI is InChI=1S/C25H30ClN3O/c1-27-21-8-7-20(26)13-18(21)14-23(27)25(30)29-10-4-5-16-11-17-12-19(24(16)29)15-28-9-3-2-6-22(17)28/h7-8,11,13-14,17,19,22,24H,2-6,9-10,12,15H2,1H3/t17-,19-,22-,24+/m0/s1. The van der Waals surface area contributed by atoms with Gasteiger partial charge in [0.25, 0.3) is 5.91 Å². The zero-order chi connectivity index (χ0) is 20.4. The molecular formula is C25H30ClN3O. The van der Waals surface area contributed by atoms with Crippen molar-refractivity contribution in [2.24, 2.45) is 18.9 Å². The number of piperidine rings is 3. The number of rotatable bonds is 1. The third-order valence-corrected chi connectivity index (χ3v) is 8.38. The van der Waals surface area contributed by atoms with Crippen molar-refractivity contribution >= 4 is 28.4 Å². The summed E-state index contributed by atoms with van der Waals surface area (Å²) in [7, 11) is 2.00. The molecule has 158 valence electrons. The van der Waals surface area contributed by atoms with E-state index in [1.807, 2.05) is 35.9 Å². The van der Waals surface area contributed by atoms with Gasteiger partial charge in [-0.25, -0.2) is 0 Å². The van der Waals surface area contributed by atoms with Crippen LogP contribution in [0, 0.1) is 11.8 Å². The van der Waals surface area contributed by atoms with Crippen LogP contribution in [0.1, 0.15) is 49.0 Å². The molecule has 0 N–H and O–H groups in total. The molecule has 4 nitrogen and oxygen atoms in total. The van der Waals surface area contributed by atoms with Crippen molar-refractivity contribution in [2.75, 3.05) is 19.6 Å². The molecule has 6 rings (SSSR count). The number of carbonyl (C=O) groups excluding carboxylic acids is 1. The monoisotopic (exact) mass is 423 g/mol. The van der Waals surface area contributed by atoms with Gasteiger partial charge in [0.05, 0.1) is 6.04 Å². The summed E-state index contributed by atoms with van der Waals surface area (Å²) in [4.78, 5) is 18.8. The molecule has 4 heterocycles. The molecule has 30 heavy (non-hydrogen) atoms. The highest BCUT2D eigenvalue weighted by Gasteiger charge is 2.47. The van der Waals surface area contributed by atoms with Gasteiger partial charge in [-0.05, 0) is 74.8 Å². The molecule has 0 spiro atoms. The van der Waals surface area contributed by atoms with Crippen LogP contribution in [0.2, 0.25) is 5.02 Å². The lowest BCUT2D eigenvalue weighted by atomic mass is 9.68. The maximum atomic E-state index is 13.8. The van der Waals surface area contributed by atoms with Crippen LogP contribution in [-0.4, -0.2) is 52.0 Å². The Labute approximate surface area is 183 Å². The third-order valence-electron chi connectivity index (χ3n) is 8.14. The lowest BCUT2D eigenvalue weighted by molar-refractivity contribution is 0.00122. The molecule has 0 saturated carbocycles. The summed E-state index contributed by atoms with van der Waals surface area (Å²) in [6.07, 6.45) is 10.2. The molecule has 3 saturated heterocycles. The Morgan fingerprint density at radius 3 is 2.93 bits per heavy atom. The molecule has 4 atom stereocenters. The van der Waals surface area contributed by atoms with E-state index in [4.69, 9.17) is 11.6 Å². The van der Waals surface area contributed by atoms with E-state index in [9.17, 15) is 4.79 Å². The molecule has 3 fully saturated rings. The largest absolute Gasteiger partial charge is 0.340 e. The molecular weight excluding hydrogens is 394 g/mol. The summed E-state index contributed by atoms with van der Waals surface area (Å²) in [5.41, 5.74) is 3.39. The Morgan fingerprint density at radius 1 is 1.13 bits per heavy atom. The number of halogens is 1. The molecule has 0 unspecified atom stereocenters. The van der Waals surface area contributed by atoms with Gasteiger partial charge < -0.3 is 9.47 Å². The van der Waals surface area contributed by atoms with Gasteiger partial charge in [-0.1, -0.05) is 29.7 Å². The minimum atomic E-state index is 0.180. The van der Waals surface area contributed by atoms with E-state index >= 15 is 0 Å². The van der Waals surface area contributed by atoms with E-state index in [1.165, 1.54) is 38.6 Å². The summed E-state index contributed by atoms with van der Waals surface area (Å²) in [6.45, 7) is 3.27. The van der Waals surface area contributed by atoms with Crippen molar-refractivity contribution in [3.63, 3.8) is 0 Å². The highest BCUT2D eigenvalue weighted by atomic mass is 35.5. The lowest BCUT2D eigenvalue weighted by Crippen LogP contribution is -2.60. The average Bonchev–Trinajstić information content (AvgIpc) is 3.08. The van der Waals surface area contributed by atoms with Gasteiger partial charge in [-0.15, -0.1) is 0 Å². The van der Waals surface area contributed by atoms with E-state index in [0.29, 0.717) is 16.9 Å². The zero-order valence-electron chi connectivity index (χ0n) is 17.7. The number of hydrogen-bond donors (Lipinski definition) is 0. The van der Waals surface area contributed by atoms with Gasteiger partial charge in [-0.2, -0.15) is 0 Å². The van der Waals surface area contributed by atoms with Crippen molar-refractivity contribution in [1.82, 2.24) is 14.4 Å². The fourth-order valence-corrected chi connectivity index (χ4v) is 7.05. The number of aromatic nitrogens is 1. The van der Waals surface area contributed by atoms with Gasteiger partial charge in [0.15, 0.2) is 0 Å². The summed E-state index contributed by atoms with van der Waals surface area (Å²) >= 11 is 6.20. The highest BCUT2D eigenvalue weighted by Crippen LogP contribution is 2.45. The Hall–Kier alpha value is -1.78. The minimum Gasteiger partial charge on any atom is -0.340 e. The SMILES string of the molecule is Cn1c(C(=O)N2CCCC3=C[C@H]4C[C@@H](CN5CCCC[C@@H]45)[C@@H]32)cc2cc(Cl)ccc21. The van der Waals surface area contributed by atoms with E-state index < -0.39 is 0 Å². The van der Waals surface area contributed by atoms with Crippen molar-refractivity contribution < 1.29 is 4.79 Å². The second-order valence-corrected chi connectivity index (χ2v) is 10.2. The van der Waals surface area contributed by atoms with E-state index in [1.54, 1.807) is 5.57 Å². The molecule has 1 aromatic carbocycles. The first-order valence-corrected chi connectivity index (χ1v) is 12.0. The topological polar surface area (TPSA) is 28.5 Å². The number of hydrogen-bond acceptors (Lipinski definition) is 2. The van der Waals surface area contributed by atoms with Crippen LogP contribution in [0.3, 0.4) is 0 Å². The van der Waals surface area contributed by atoms with Gasteiger partial charge in [0, 0.05) is 42.1 Å². The maximum Gasteiger partial charge on any atom is 0.271 e. The molecule has 1 amide bonds. The summed E-state index contributed by atoms with van der Waals surface area (Å²) in [6, 6.07) is 8.92. The second-order valence-electron chi connectivity index (χ2n) is 9.80. The highest BCUT2D eigenvalue weighted by molar-refractivity contribution is 6.31. The second kappa shape index (κ2) is 7.13. The van der Waals surface area contributed by atoms with Crippen LogP contribution in [0.5, 0.6) is 0 Å². The van der Waals surface area contributed by atoms with Gasteiger partial charge >= 0.3 is 0 Å². The molecule has 0 radical (unpaired) electrons. The normalized spacial score (nSPS) is 31.3. The van der Waals surface area contributed by atoms with Crippen molar-refractivity contribution in [3.8, 4) is 0 Å². The van der Waals surface area contributed by atoms with Gasteiger partial charge in [-0.3, -0.25) is 9.69 Å². The van der Waals surface area contributed by atoms with E-state index in [2.05, 4.69) is 15.9 Å². The number of aryl methyl sites for hydroxylation is 1. The quantitative estimate of drug-likeness (QED) is 0.612. The Bertz CT molecular complexity index is 1040. The minimum absolute atomic E-state index is 0.180. The molecule has 1 aromatic heterocycles. The summed E-state index contributed by atoms with van der Waals surface area (Å²) < 4.78 is 2.04. The lowest BCUT2D eigenvalue weighted by Gasteiger charge is -2.54. The van der Waals surface area contributed by atoms with Crippen LogP contribution in [0.25, 0.3) is 10.9 Å². The van der Waals surface area contributed by atoms with Gasteiger partial charge in [0.2, 0.25) is 0 Å². The third kappa shape index (κ3) is 2.87. The van der Waals surface area contributed by atoms with E-state index in [-0.39, 0.29) is 11.9 Å². The molecule has 5 heteroatoms. The fourth-order valence-electron chi connectivity index (χ4n) is 6.87. The number of fused-ring (bicyclic) bond motifs is 7. The van der Waals surface area contributed by atoms with Crippen LogP contribution in [0.4, 0.5) is 0 Å². The van der Waals surface area contributed by atoms with Crippen LogP contribution in [-0.2, 0) is 7.05 Å². The Balaban J connectivity index is 1.36. The number of nitrogens with zero attached hydrogens (tertiary/aromatic N) is 3. The molecule has 3 aliphatic heterocycles. The van der Waals surface area contributed by atoms with E-state index in [0.717, 1.165) is 42.1 Å². The predicted octanol–water partition coefficient (Wildman–Crippen LogP) is 4.87. The number of benzene rings is 1. The number of carbonyl (C=O) groups is 1. The van der Waals surface area contributed by atoms with Crippen molar-refractivity contribution in [1.29, 1.82) is 0 Å². The summed E-state index contributed by atoms with van der Waals surface area (Å²) in [5, 5.41) is 1.76. The van der Waals surface area contributed by atoms with Crippen molar-refractivity contribution in [3.05, 3.63) is 46.6 Å². The van der Waals surface area contributed by atoms with Crippen molar-refractivity contribution in [2.45, 2.75) is 50.6 Å². The first kappa shape index (κ1) is 18.9.